The lowest BCUT2D eigenvalue weighted by molar-refractivity contribution is 0.0919. The smallest absolute Gasteiger partial charge is 0.253 e. The average molecular weight is 325 g/mol. The van der Waals surface area contributed by atoms with Gasteiger partial charge < -0.3 is 10.6 Å². The second-order valence-corrected chi connectivity index (χ2v) is 8.09. The van der Waals surface area contributed by atoms with Crippen LogP contribution >= 0.6 is 0 Å². The molecular formula is C20H27N3O. The molecule has 0 aliphatic carbocycles. The van der Waals surface area contributed by atoms with Crippen LogP contribution in [-0.4, -0.2) is 16.4 Å². The van der Waals surface area contributed by atoms with Gasteiger partial charge in [-0.25, -0.2) is 0 Å². The quantitative estimate of drug-likeness (QED) is 0.863. The Morgan fingerprint density at radius 3 is 2.29 bits per heavy atom. The van der Waals surface area contributed by atoms with E-state index in [0.29, 0.717) is 5.56 Å². The number of aromatic nitrogens is 1. The third kappa shape index (κ3) is 4.82. The SMILES string of the molecule is CC(C)(C)NC(=O)c1cncc(Nc2ccccc2C(C)(C)C)c1. The van der Waals surface area contributed by atoms with Crippen molar-refractivity contribution in [1.29, 1.82) is 0 Å². The fraction of sp³-hybridized carbons (Fsp3) is 0.400. The fourth-order valence-electron chi connectivity index (χ4n) is 2.45. The summed E-state index contributed by atoms with van der Waals surface area (Å²) in [6.07, 6.45) is 3.31. The van der Waals surface area contributed by atoms with Crippen molar-refractivity contribution >= 4 is 17.3 Å². The number of para-hydroxylation sites is 1. The standard InChI is InChI=1S/C20H27N3O/c1-19(2,3)16-9-7-8-10-17(16)22-15-11-14(12-21-13-15)18(24)23-20(4,5)6/h7-13,22H,1-6H3,(H,23,24). The van der Waals surface area contributed by atoms with Crippen molar-refractivity contribution in [3.8, 4) is 0 Å². The predicted octanol–water partition coefficient (Wildman–Crippen LogP) is 4.65. The highest BCUT2D eigenvalue weighted by atomic mass is 16.1. The summed E-state index contributed by atoms with van der Waals surface area (Å²) >= 11 is 0. The highest BCUT2D eigenvalue weighted by molar-refractivity contribution is 5.95. The number of anilines is 2. The Balaban J connectivity index is 2.27. The van der Waals surface area contributed by atoms with Crippen LogP contribution in [0, 0.1) is 0 Å². The molecule has 4 heteroatoms. The number of benzene rings is 1. The van der Waals surface area contributed by atoms with E-state index in [0.717, 1.165) is 11.4 Å². The molecule has 0 aliphatic rings. The molecule has 0 aliphatic heterocycles. The van der Waals surface area contributed by atoms with Crippen molar-refractivity contribution in [2.75, 3.05) is 5.32 Å². The third-order valence-corrected chi connectivity index (χ3v) is 3.50. The van der Waals surface area contributed by atoms with E-state index in [1.807, 2.05) is 45.0 Å². The average Bonchev–Trinajstić information content (AvgIpc) is 2.45. The van der Waals surface area contributed by atoms with Crippen LogP contribution in [0.15, 0.2) is 42.7 Å². The van der Waals surface area contributed by atoms with Crippen LogP contribution in [0.4, 0.5) is 11.4 Å². The van der Waals surface area contributed by atoms with E-state index in [9.17, 15) is 4.79 Å². The molecule has 0 spiro atoms. The number of hydrogen-bond donors (Lipinski definition) is 2. The molecule has 2 N–H and O–H groups in total. The minimum absolute atomic E-state index is 0.0260. The number of amides is 1. The van der Waals surface area contributed by atoms with Gasteiger partial charge >= 0.3 is 0 Å². The number of carbonyl (C=O) groups is 1. The Kier molecular flexibility index (Phi) is 4.97. The molecule has 0 saturated heterocycles. The Morgan fingerprint density at radius 1 is 1.00 bits per heavy atom. The summed E-state index contributed by atoms with van der Waals surface area (Å²) in [6.45, 7) is 12.4. The van der Waals surface area contributed by atoms with Crippen molar-refractivity contribution in [1.82, 2.24) is 10.3 Å². The summed E-state index contributed by atoms with van der Waals surface area (Å²) < 4.78 is 0. The Bertz CT molecular complexity index is 724. The molecule has 1 amide bonds. The van der Waals surface area contributed by atoms with Gasteiger partial charge in [0, 0.05) is 17.4 Å². The van der Waals surface area contributed by atoms with Gasteiger partial charge in [0.05, 0.1) is 17.4 Å². The molecule has 1 aromatic carbocycles. The number of pyridine rings is 1. The Hall–Kier alpha value is -2.36. The van der Waals surface area contributed by atoms with Crippen LogP contribution in [0.5, 0.6) is 0 Å². The monoisotopic (exact) mass is 325 g/mol. The van der Waals surface area contributed by atoms with E-state index < -0.39 is 0 Å². The van der Waals surface area contributed by atoms with Gasteiger partial charge in [0.15, 0.2) is 0 Å². The lowest BCUT2D eigenvalue weighted by atomic mass is 9.86. The Morgan fingerprint density at radius 2 is 1.67 bits per heavy atom. The van der Waals surface area contributed by atoms with Gasteiger partial charge in [-0.05, 0) is 43.9 Å². The first-order valence-corrected chi connectivity index (χ1v) is 8.20. The van der Waals surface area contributed by atoms with Crippen molar-refractivity contribution in [2.24, 2.45) is 0 Å². The van der Waals surface area contributed by atoms with Crippen molar-refractivity contribution in [2.45, 2.75) is 52.5 Å². The highest BCUT2D eigenvalue weighted by Crippen LogP contribution is 2.31. The summed E-state index contributed by atoms with van der Waals surface area (Å²) in [4.78, 5) is 16.5. The molecule has 1 heterocycles. The van der Waals surface area contributed by atoms with E-state index in [-0.39, 0.29) is 16.9 Å². The molecule has 4 nitrogen and oxygen atoms in total. The number of nitrogens with zero attached hydrogens (tertiary/aromatic N) is 1. The van der Waals surface area contributed by atoms with Crippen LogP contribution < -0.4 is 10.6 Å². The summed E-state index contributed by atoms with van der Waals surface area (Å²) in [5.74, 6) is -0.122. The van der Waals surface area contributed by atoms with Gasteiger partial charge in [-0.3, -0.25) is 9.78 Å². The summed E-state index contributed by atoms with van der Waals surface area (Å²) in [6, 6.07) is 10.0. The molecule has 0 fully saturated rings. The highest BCUT2D eigenvalue weighted by Gasteiger charge is 2.18. The summed E-state index contributed by atoms with van der Waals surface area (Å²) in [5.41, 5.74) is 3.34. The molecule has 128 valence electrons. The molecule has 24 heavy (non-hydrogen) atoms. The maximum Gasteiger partial charge on any atom is 0.253 e. The zero-order valence-corrected chi connectivity index (χ0v) is 15.4. The van der Waals surface area contributed by atoms with Crippen LogP contribution in [-0.2, 0) is 5.41 Å². The summed E-state index contributed by atoms with van der Waals surface area (Å²) in [7, 11) is 0. The first-order valence-electron chi connectivity index (χ1n) is 8.20. The first kappa shape index (κ1) is 18.0. The normalized spacial score (nSPS) is 11.9. The topological polar surface area (TPSA) is 54.0 Å². The van der Waals surface area contributed by atoms with Gasteiger partial charge in [-0.2, -0.15) is 0 Å². The number of carbonyl (C=O) groups excluding carboxylic acids is 1. The van der Waals surface area contributed by atoms with Gasteiger partial charge in [0.1, 0.15) is 0 Å². The van der Waals surface area contributed by atoms with Crippen molar-refractivity contribution < 1.29 is 4.79 Å². The van der Waals surface area contributed by atoms with Gasteiger partial charge in [-0.15, -0.1) is 0 Å². The van der Waals surface area contributed by atoms with E-state index in [2.05, 4.69) is 42.5 Å². The second kappa shape index (κ2) is 6.63. The third-order valence-electron chi connectivity index (χ3n) is 3.50. The van der Waals surface area contributed by atoms with E-state index in [1.54, 1.807) is 12.4 Å². The molecular weight excluding hydrogens is 298 g/mol. The molecule has 0 atom stereocenters. The predicted molar refractivity (Wildman–Crippen MR) is 99.9 cm³/mol. The van der Waals surface area contributed by atoms with Crippen molar-refractivity contribution in [3.63, 3.8) is 0 Å². The summed E-state index contributed by atoms with van der Waals surface area (Å²) in [5, 5.41) is 6.35. The van der Waals surface area contributed by atoms with Crippen LogP contribution in [0.25, 0.3) is 0 Å². The molecule has 2 aromatic rings. The fourth-order valence-corrected chi connectivity index (χ4v) is 2.45. The number of rotatable bonds is 3. The molecule has 2 rings (SSSR count). The van der Waals surface area contributed by atoms with E-state index >= 15 is 0 Å². The number of nitrogens with one attached hydrogen (secondary N) is 2. The van der Waals surface area contributed by atoms with Gasteiger partial charge in [0.25, 0.3) is 5.91 Å². The van der Waals surface area contributed by atoms with Crippen LogP contribution in [0.3, 0.4) is 0 Å². The number of hydrogen-bond acceptors (Lipinski definition) is 3. The zero-order valence-electron chi connectivity index (χ0n) is 15.4. The lowest BCUT2D eigenvalue weighted by Gasteiger charge is -2.23. The van der Waals surface area contributed by atoms with E-state index in [1.165, 1.54) is 5.56 Å². The van der Waals surface area contributed by atoms with Crippen LogP contribution in [0.1, 0.15) is 57.5 Å². The molecule has 1 aromatic heterocycles. The zero-order chi connectivity index (χ0) is 18.0. The van der Waals surface area contributed by atoms with Crippen LogP contribution in [0.2, 0.25) is 0 Å². The maximum atomic E-state index is 12.3. The van der Waals surface area contributed by atoms with E-state index in [4.69, 9.17) is 0 Å². The van der Waals surface area contributed by atoms with Gasteiger partial charge in [0.2, 0.25) is 0 Å². The second-order valence-electron chi connectivity index (χ2n) is 8.09. The lowest BCUT2D eigenvalue weighted by Crippen LogP contribution is -2.40. The maximum absolute atomic E-state index is 12.3. The van der Waals surface area contributed by atoms with Crippen molar-refractivity contribution in [3.05, 3.63) is 53.9 Å². The Labute approximate surface area is 144 Å². The minimum Gasteiger partial charge on any atom is -0.354 e. The largest absolute Gasteiger partial charge is 0.354 e. The molecule has 0 radical (unpaired) electrons. The molecule has 0 saturated carbocycles. The molecule has 0 bridgehead atoms. The first-order chi connectivity index (χ1) is 11.1. The molecule has 0 unspecified atom stereocenters. The minimum atomic E-state index is -0.278. The van der Waals surface area contributed by atoms with Gasteiger partial charge in [-0.1, -0.05) is 39.0 Å².